The molecule has 0 aliphatic carbocycles. The maximum Gasteiger partial charge on any atom is 0.392 e. The first-order valence-corrected chi connectivity index (χ1v) is 4.35. The van der Waals surface area contributed by atoms with Gasteiger partial charge in [-0.3, -0.25) is 9.59 Å². The summed E-state index contributed by atoms with van der Waals surface area (Å²) in [5, 5.41) is 0. The molecule has 0 aromatic heterocycles. The topological polar surface area (TPSA) is 78.9 Å². The highest BCUT2D eigenvalue weighted by Gasteiger charge is 2.42. The van der Waals surface area contributed by atoms with Crippen LogP contribution in [0, 0.1) is 0 Å². The van der Waals surface area contributed by atoms with Crippen molar-refractivity contribution in [1.29, 1.82) is 0 Å². The summed E-state index contributed by atoms with van der Waals surface area (Å²) in [6.45, 7) is 3.79. The molecule has 0 radical (unpaired) electrons. The number of methoxy groups -OCH3 is 1. The van der Waals surface area contributed by atoms with Crippen LogP contribution in [0.25, 0.3) is 0 Å². The molecule has 0 aromatic rings. The second kappa shape index (κ2) is 5.33. The van der Waals surface area contributed by atoms with Crippen LogP contribution in [0.1, 0.15) is 27.2 Å². The van der Waals surface area contributed by atoms with E-state index < -0.39 is 23.7 Å². The van der Waals surface area contributed by atoms with Crippen LogP contribution in [0.2, 0.25) is 0 Å². The Morgan fingerprint density at radius 3 is 2.07 bits per heavy atom. The van der Waals surface area contributed by atoms with Crippen LogP contribution in [-0.4, -0.2) is 30.8 Å². The lowest BCUT2D eigenvalue weighted by Crippen LogP contribution is -2.45. The van der Waals surface area contributed by atoms with Crippen molar-refractivity contribution in [2.45, 2.75) is 33.0 Å². The van der Waals surface area contributed by atoms with Gasteiger partial charge < -0.3 is 14.2 Å². The number of ether oxygens (including phenoxy) is 3. The second-order valence-corrected chi connectivity index (χ2v) is 2.86. The summed E-state index contributed by atoms with van der Waals surface area (Å²) in [6, 6.07) is 0. The van der Waals surface area contributed by atoms with Gasteiger partial charge in [-0.1, -0.05) is 6.92 Å². The van der Waals surface area contributed by atoms with Gasteiger partial charge in [0.15, 0.2) is 0 Å². The first kappa shape index (κ1) is 13.4. The fourth-order valence-electron chi connectivity index (χ4n) is 0.853. The molecule has 6 nitrogen and oxygen atoms in total. The normalized spacial score (nSPS) is 13.6. The number of esters is 3. The lowest BCUT2D eigenvalue weighted by atomic mass is 10.3. The van der Waals surface area contributed by atoms with Gasteiger partial charge in [0.25, 0.3) is 0 Å². The molecule has 0 aliphatic heterocycles. The summed E-state index contributed by atoms with van der Waals surface area (Å²) in [7, 11) is 1.10. The van der Waals surface area contributed by atoms with E-state index in [2.05, 4.69) is 9.47 Å². The highest BCUT2D eigenvalue weighted by Crippen LogP contribution is 2.16. The monoisotopic (exact) mass is 218 g/mol. The third-order valence-electron chi connectivity index (χ3n) is 1.49. The fraction of sp³-hybridized carbons (Fsp3) is 0.667. The predicted molar refractivity (Wildman–Crippen MR) is 48.6 cm³/mol. The van der Waals surface area contributed by atoms with Crippen molar-refractivity contribution in [3.05, 3.63) is 0 Å². The lowest BCUT2D eigenvalue weighted by molar-refractivity contribution is -0.232. The summed E-state index contributed by atoms with van der Waals surface area (Å²) < 4.78 is 13.7. The molecule has 0 spiro atoms. The van der Waals surface area contributed by atoms with E-state index in [1.807, 2.05) is 0 Å². The van der Waals surface area contributed by atoms with Crippen LogP contribution < -0.4 is 0 Å². The molecule has 86 valence electrons. The maximum atomic E-state index is 11.2. The Kier molecular flexibility index (Phi) is 4.77. The van der Waals surface area contributed by atoms with Crippen LogP contribution in [0.4, 0.5) is 0 Å². The Labute approximate surface area is 87.5 Å². The Bertz CT molecular complexity index is 272. The number of rotatable bonds is 4. The highest BCUT2D eigenvalue weighted by molar-refractivity contribution is 5.84. The molecule has 0 saturated carbocycles. The number of carbonyl (C=O) groups excluding carboxylic acids is 3. The first-order chi connectivity index (χ1) is 6.85. The molecular weight excluding hydrogens is 204 g/mol. The van der Waals surface area contributed by atoms with Crippen LogP contribution in [0.5, 0.6) is 0 Å². The van der Waals surface area contributed by atoms with Crippen molar-refractivity contribution in [1.82, 2.24) is 0 Å². The van der Waals surface area contributed by atoms with Crippen molar-refractivity contribution in [2.75, 3.05) is 7.11 Å². The van der Waals surface area contributed by atoms with E-state index in [-0.39, 0.29) is 6.42 Å². The molecule has 1 unspecified atom stereocenters. The number of hydrogen-bond acceptors (Lipinski definition) is 6. The minimum Gasteiger partial charge on any atom is -0.463 e. The van der Waals surface area contributed by atoms with E-state index in [0.29, 0.717) is 0 Å². The van der Waals surface area contributed by atoms with Crippen LogP contribution in [0.3, 0.4) is 0 Å². The van der Waals surface area contributed by atoms with Crippen molar-refractivity contribution in [2.24, 2.45) is 0 Å². The van der Waals surface area contributed by atoms with Crippen LogP contribution in [0.15, 0.2) is 0 Å². The van der Waals surface area contributed by atoms with Gasteiger partial charge in [-0.05, 0) is 0 Å². The quantitative estimate of drug-likeness (QED) is 0.501. The van der Waals surface area contributed by atoms with E-state index in [0.717, 1.165) is 21.0 Å². The van der Waals surface area contributed by atoms with Crippen molar-refractivity contribution < 1.29 is 28.6 Å². The van der Waals surface area contributed by atoms with E-state index in [9.17, 15) is 14.4 Å². The molecular formula is C9H14O6. The van der Waals surface area contributed by atoms with Crippen LogP contribution in [-0.2, 0) is 28.6 Å². The molecule has 0 saturated heterocycles. The Hall–Kier alpha value is -1.59. The number of carbonyl (C=O) groups is 3. The zero-order chi connectivity index (χ0) is 12.1. The van der Waals surface area contributed by atoms with Gasteiger partial charge >= 0.3 is 23.7 Å². The van der Waals surface area contributed by atoms with Gasteiger partial charge in [-0.15, -0.1) is 0 Å². The van der Waals surface area contributed by atoms with Gasteiger partial charge in [0.2, 0.25) is 0 Å². The summed E-state index contributed by atoms with van der Waals surface area (Å²) in [6.07, 6.45) is 0.0633. The van der Waals surface area contributed by atoms with E-state index in [4.69, 9.17) is 4.74 Å². The largest absolute Gasteiger partial charge is 0.463 e. The molecule has 1 atom stereocenters. The molecule has 15 heavy (non-hydrogen) atoms. The molecule has 0 N–H and O–H groups in total. The van der Waals surface area contributed by atoms with Crippen molar-refractivity contribution >= 4 is 17.9 Å². The Morgan fingerprint density at radius 2 is 1.73 bits per heavy atom. The molecule has 0 bridgehead atoms. The first-order valence-electron chi connectivity index (χ1n) is 4.35. The van der Waals surface area contributed by atoms with E-state index >= 15 is 0 Å². The maximum absolute atomic E-state index is 11.2. The van der Waals surface area contributed by atoms with E-state index in [1.54, 1.807) is 6.92 Å². The Balaban J connectivity index is 4.76. The fourth-order valence-corrected chi connectivity index (χ4v) is 0.853. The van der Waals surface area contributed by atoms with Gasteiger partial charge in [-0.25, -0.2) is 4.79 Å². The zero-order valence-electron chi connectivity index (χ0n) is 9.16. The predicted octanol–water partition coefficient (Wildman–Crippen LogP) is 0.392. The van der Waals surface area contributed by atoms with E-state index in [1.165, 1.54) is 0 Å². The molecule has 0 fully saturated rings. The van der Waals surface area contributed by atoms with Crippen molar-refractivity contribution in [3.63, 3.8) is 0 Å². The molecule has 0 heterocycles. The van der Waals surface area contributed by atoms with Gasteiger partial charge in [0, 0.05) is 20.3 Å². The third-order valence-corrected chi connectivity index (χ3v) is 1.49. The summed E-state index contributed by atoms with van der Waals surface area (Å²) in [5.41, 5.74) is 0. The van der Waals surface area contributed by atoms with Gasteiger partial charge in [0.1, 0.15) is 0 Å². The Morgan fingerprint density at radius 1 is 1.20 bits per heavy atom. The zero-order valence-corrected chi connectivity index (χ0v) is 9.16. The summed E-state index contributed by atoms with van der Waals surface area (Å²) in [5.74, 6) is -4.36. The minimum absolute atomic E-state index is 0.0633. The molecule has 0 aliphatic rings. The van der Waals surface area contributed by atoms with Gasteiger partial charge in [-0.2, -0.15) is 0 Å². The summed E-state index contributed by atoms with van der Waals surface area (Å²) >= 11 is 0. The van der Waals surface area contributed by atoms with Gasteiger partial charge in [0.05, 0.1) is 7.11 Å². The average molecular weight is 218 g/mol. The second-order valence-electron chi connectivity index (χ2n) is 2.86. The molecule has 0 rings (SSSR count). The SMILES string of the molecule is CCC(=O)OC(C)(OC(C)=O)C(=O)OC. The third kappa shape index (κ3) is 3.97. The number of hydrogen-bond donors (Lipinski definition) is 0. The summed E-state index contributed by atoms with van der Waals surface area (Å²) in [4.78, 5) is 33.0. The van der Waals surface area contributed by atoms with Crippen molar-refractivity contribution in [3.8, 4) is 0 Å². The molecule has 0 amide bonds. The average Bonchev–Trinajstić information content (AvgIpc) is 2.14. The standard InChI is InChI=1S/C9H14O6/c1-5-7(11)15-9(3,8(12)13-4)14-6(2)10/h5H2,1-4H3. The molecule has 6 heteroatoms. The molecule has 0 aromatic carbocycles. The van der Waals surface area contributed by atoms with Crippen LogP contribution >= 0.6 is 0 Å². The smallest absolute Gasteiger partial charge is 0.392 e. The highest BCUT2D eigenvalue weighted by atomic mass is 16.8. The lowest BCUT2D eigenvalue weighted by Gasteiger charge is -2.25. The minimum atomic E-state index is -2.01.